The summed E-state index contributed by atoms with van der Waals surface area (Å²) < 4.78 is 42.9. The van der Waals surface area contributed by atoms with Crippen molar-refractivity contribution in [1.29, 1.82) is 0 Å². The number of benzene rings is 3. The van der Waals surface area contributed by atoms with E-state index < -0.39 is 17.9 Å². The van der Waals surface area contributed by atoms with Crippen molar-refractivity contribution < 1.29 is 22.7 Å². The molecule has 34 heavy (non-hydrogen) atoms. The van der Waals surface area contributed by atoms with Crippen LogP contribution >= 0.6 is 23.2 Å². The van der Waals surface area contributed by atoms with Crippen LogP contribution in [0.5, 0.6) is 5.75 Å². The van der Waals surface area contributed by atoms with Crippen molar-refractivity contribution in [2.75, 3.05) is 9.80 Å². The number of ether oxygens (including phenoxy) is 1. The first-order valence-electron chi connectivity index (χ1n) is 10.5. The van der Waals surface area contributed by atoms with Gasteiger partial charge in [0.1, 0.15) is 5.75 Å². The molecule has 1 fully saturated rings. The summed E-state index contributed by atoms with van der Waals surface area (Å²) in [5.74, 6) is -0.350. The lowest BCUT2D eigenvalue weighted by Gasteiger charge is -2.38. The molecule has 9 heteroatoms. The van der Waals surface area contributed by atoms with Crippen LogP contribution in [-0.2, 0) is 0 Å². The summed E-state index contributed by atoms with van der Waals surface area (Å²) in [5, 5.41) is 1.03. The Balaban J connectivity index is 1.89. The van der Waals surface area contributed by atoms with E-state index in [0.29, 0.717) is 33.4 Å². The van der Waals surface area contributed by atoms with E-state index in [0.717, 1.165) is 0 Å². The molecule has 1 heterocycles. The molecule has 0 spiro atoms. The number of carbonyl (C=O) groups excluding carboxylic acids is 1. The minimum atomic E-state index is -4.83. The molecular formula is C25H21Cl2F3N2O2. The molecule has 1 saturated heterocycles. The van der Waals surface area contributed by atoms with Crippen molar-refractivity contribution in [3.63, 3.8) is 0 Å². The highest BCUT2D eigenvalue weighted by atomic mass is 35.5. The molecule has 1 aliphatic heterocycles. The summed E-state index contributed by atoms with van der Waals surface area (Å²) in [6.45, 7) is 3.85. The maximum atomic E-state index is 13.9. The van der Waals surface area contributed by atoms with Crippen LogP contribution in [0.4, 0.5) is 29.3 Å². The first-order chi connectivity index (χ1) is 16.0. The zero-order valence-electron chi connectivity index (χ0n) is 18.3. The summed E-state index contributed by atoms with van der Waals surface area (Å²) in [6, 6.07) is 18.4. The number of anilines is 2. The van der Waals surface area contributed by atoms with Gasteiger partial charge in [-0.25, -0.2) is 4.79 Å². The number of alkyl halides is 3. The summed E-state index contributed by atoms with van der Waals surface area (Å²) in [7, 11) is 0. The van der Waals surface area contributed by atoms with Crippen molar-refractivity contribution in [1.82, 2.24) is 0 Å². The van der Waals surface area contributed by atoms with E-state index in [4.69, 9.17) is 23.2 Å². The van der Waals surface area contributed by atoms with Gasteiger partial charge in [-0.2, -0.15) is 0 Å². The molecule has 0 unspecified atom stereocenters. The van der Waals surface area contributed by atoms with Crippen LogP contribution in [0.2, 0.25) is 10.0 Å². The maximum absolute atomic E-state index is 13.9. The van der Waals surface area contributed by atoms with Gasteiger partial charge in [-0.05, 0) is 79.6 Å². The number of carbonyl (C=O) groups is 1. The highest BCUT2D eigenvalue weighted by molar-refractivity contribution is 6.31. The zero-order chi connectivity index (χ0) is 24.7. The topological polar surface area (TPSA) is 32.8 Å². The highest BCUT2D eigenvalue weighted by Gasteiger charge is 2.55. The van der Waals surface area contributed by atoms with Crippen molar-refractivity contribution >= 4 is 40.6 Å². The van der Waals surface area contributed by atoms with Gasteiger partial charge in [-0.15, -0.1) is 13.2 Å². The van der Waals surface area contributed by atoms with Gasteiger partial charge < -0.3 is 4.74 Å². The summed E-state index contributed by atoms with van der Waals surface area (Å²) in [5.41, 5.74) is 0.882. The molecule has 0 bridgehead atoms. The lowest BCUT2D eigenvalue weighted by molar-refractivity contribution is -0.274. The number of rotatable bonds is 5. The first-order valence-corrected chi connectivity index (χ1v) is 11.3. The third-order valence-electron chi connectivity index (χ3n) is 6.07. The second kappa shape index (κ2) is 9.04. The fourth-order valence-electron chi connectivity index (χ4n) is 4.44. The lowest BCUT2D eigenvalue weighted by atomic mass is 9.83. The van der Waals surface area contributed by atoms with Crippen LogP contribution in [0.25, 0.3) is 0 Å². The molecule has 3 aromatic carbocycles. The minimum Gasteiger partial charge on any atom is -0.406 e. The van der Waals surface area contributed by atoms with E-state index in [1.165, 1.54) is 18.2 Å². The molecule has 2 amide bonds. The van der Waals surface area contributed by atoms with Gasteiger partial charge in [-0.1, -0.05) is 42.3 Å². The molecule has 178 valence electrons. The minimum absolute atomic E-state index is 0.318. The Labute approximate surface area is 205 Å². The van der Waals surface area contributed by atoms with Gasteiger partial charge in [0.05, 0.1) is 11.6 Å². The summed E-state index contributed by atoms with van der Waals surface area (Å²) >= 11 is 12.1. The number of halogens is 5. The third kappa shape index (κ3) is 4.55. The highest BCUT2D eigenvalue weighted by Crippen LogP contribution is 2.50. The molecule has 2 atom stereocenters. The van der Waals surface area contributed by atoms with Gasteiger partial charge in [0.2, 0.25) is 0 Å². The monoisotopic (exact) mass is 508 g/mol. The predicted molar refractivity (Wildman–Crippen MR) is 128 cm³/mol. The Bertz CT molecular complexity index is 1190. The van der Waals surface area contributed by atoms with Crippen LogP contribution in [0.15, 0.2) is 72.8 Å². The Kier molecular flexibility index (Phi) is 6.44. The molecule has 0 radical (unpaired) electrons. The quantitative estimate of drug-likeness (QED) is 0.347. The van der Waals surface area contributed by atoms with Crippen molar-refractivity contribution in [2.24, 2.45) is 0 Å². The van der Waals surface area contributed by atoms with Crippen LogP contribution < -0.4 is 14.5 Å². The van der Waals surface area contributed by atoms with Crippen LogP contribution in [0.1, 0.15) is 31.9 Å². The van der Waals surface area contributed by atoms with Gasteiger partial charge in [-0.3, -0.25) is 9.80 Å². The molecule has 3 aromatic rings. The van der Waals surface area contributed by atoms with Crippen molar-refractivity contribution in [3.8, 4) is 5.75 Å². The molecule has 0 aliphatic carbocycles. The van der Waals surface area contributed by atoms with E-state index in [9.17, 15) is 18.0 Å². The molecule has 1 aliphatic rings. The Morgan fingerprint density at radius 1 is 0.941 bits per heavy atom. The normalized spacial score (nSPS) is 20.7. The van der Waals surface area contributed by atoms with E-state index in [1.807, 2.05) is 13.8 Å². The zero-order valence-corrected chi connectivity index (χ0v) is 19.8. The summed E-state index contributed by atoms with van der Waals surface area (Å²) in [4.78, 5) is 17.2. The van der Waals surface area contributed by atoms with Gasteiger partial charge in [0.15, 0.2) is 0 Å². The maximum Gasteiger partial charge on any atom is 0.573 e. The summed E-state index contributed by atoms with van der Waals surface area (Å²) in [6.07, 6.45) is -4.32. The number of hydrogen-bond donors (Lipinski definition) is 0. The Hall–Kier alpha value is -2.90. The fraction of sp³-hybridized carbons (Fsp3) is 0.240. The average Bonchev–Trinajstić information content (AvgIpc) is 3.01. The number of urea groups is 1. The van der Waals surface area contributed by atoms with E-state index >= 15 is 0 Å². The molecular weight excluding hydrogens is 488 g/mol. The van der Waals surface area contributed by atoms with Crippen LogP contribution in [0.3, 0.4) is 0 Å². The molecule has 4 nitrogen and oxygen atoms in total. The van der Waals surface area contributed by atoms with E-state index in [1.54, 1.807) is 64.4 Å². The lowest BCUT2D eigenvalue weighted by Crippen LogP contribution is -2.45. The van der Waals surface area contributed by atoms with Crippen molar-refractivity contribution in [2.45, 2.75) is 38.2 Å². The smallest absolute Gasteiger partial charge is 0.406 e. The second-order valence-corrected chi connectivity index (χ2v) is 9.05. The molecule has 4 rings (SSSR count). The Morgan fingerprint density at radius 2 is 1.50 bits per heavy atom. The number of hydrogen-bond acceptors (Lipinski definition) is 2. The van der Waals surface area contributed by atoms with Crippen molar-refractivity contribution in [3.05, 3.63) is 88.4 Å². The third-order valence-corrected chi connectivity index (χ3v) is 6.57. The van der Waals surface area contributed by atoms with Crippen LogP contribution in [0, 0.1) is 0 Å². The van der Waals surface area contributed by atoms with Gasteiger partial charge in [0, 0.05) is 21.4 Å². The fourth-order valence-corrected chi connectivity index (χ4v) is 4.69. The molecule has 0 N–H and O–H groups in total. The largest absolute Gasteiger partial charge is 0.573 e. The molecule has 0 aromatic heterocycles. The van der Waals surface area contributed by atoms with Gasteiger partial charge in [0.25, 0.3) is 0 Å². The Morgan fingerprint density at radius 3 is 2.03 bits per heavy atom. The SMILES string of the molecule is CC[C@@]1(C)[C@@H](c2cccc(OC(F)(F)F)c2)N(c2ccc(Cl)cc2)C(=O)N1c1ccc(Cl)cc1. The van der Waals surface area contributed by atoms with Gasteiger partial charge >= 0.3 is 12.4 Å². The van der Waals surface area contributed by atoms with Crippen LogP contribution in [-0.4, -0.2) is 17.9 Å². The number of nitrogens with zero attached hydrogens (tertiary/aromatic N) is 2. The standard InChI is InChI=1S/C25H21Cl2F3N2O2/c1-3-24(2)22(16-5-4-6-21(15-16)34-25(28,29)30)31(19-11-7-17(26)8-12-19)23(33)32(24)20-13-9-18(27)10-14-20/h4-15,22H,3H2,1-2H3/t22-,24+/m1/s1. The van der Waals surface area contributed by atoms with E-state index in [2.05, 4.69) is 4.74 Å². The van der Waals surface area contributed by atoms with E-state index in [-0.39, 0.29) is 11.8 Å². The first kappa shape index (κ1) is 24.2. The number of amides is 2. The average molecular weight is 509 g/mol. The second-order valence-electron chi connectivity index (χ2n) is 8.17. The predicted octanol–water partition coefficient (Wildman–Crippen LogP) is 8.25. The molecule has 0 saturated carbocycles.